The first kappa shape index (κ1) is 7.48. The van der Waals surface area contributed by atoms with Crippen molar-refractivity contribution in [3.63, 3.8) is 0 Å². The number of rotatable bonds is 1. The Bertz CT molecular complexity index is 186. The number of likely N-dealkylation sites (N-methyl/N-ethyl adjacent to an activating group) is 1. The molecule has 0 N–H and O–H groups in total. The second-order valence-corrected chi connectivity index (χ2v) is 2.60. The number of halogens is 1. The number of hydrogen-bond donors (Lipinski definition) is 0. The molecule has 3 heteroatoms. The van der Waals surface area contributed by atoms with Crippen molar-refractivity contribution in [3.8, 4) is 0 Å². The molecule has 1 aliphatic heterocycles. The molecule has 0 unspecified atom stereocenters. The lowest BCUT2D eigenvalue weighted by Crippen LogP contribution is -2.15. The molecule has 0 spiro atoms. The molecule has 0 radical (unpaired) electrons. The van der Waals surface area contributed by atoms with E-state index in [0.29, 0.717) is 5.03 Å². The van der Waals surface area contributed by atoms with Gasteiger partial charge in [0.15, 0.2) is 5.76 Å². The van der Waals surface area contributed by atoms with E-state index in [-0.39, 0.29) is 0 Å². The summed E-state index contributed by atoms with van der Waals surface area (Å²) in [6.45, 7) is 0.853. The smallest absolute Gasteiger partial charge is 0.152 e. The predicted octanol–water partition coefficient (Wildman–Crippen LogP) is 1.54. The Morgan fingerprint density at radius 2 is 2.40 bits per heavy atom. The number of nitrogens with zero attached hydrogens (tertiary/aromatic N) is 1. The minimum atomic E-state index is 0.695. The third-order valence-electron chi connectivity index (χ3n) is 1.35. The van der Waals surface area contributed by atoms with Crippen LogP contribution < -0.4 is 0 Å². The first-order valence-corrected chi connectivity index (χ1v) is 3.44. The van der Waals surface area contributed by atoms with Gasteiger partial charge in [0.2, 0.25) is 0 Å². The van der Waals surface area contributed by atoms with Gasteiger partial charge in [-0.15, -0.1) is 0 Å². The summed E-state index contributed by atoms with van der Waals surface area (Å²) in [5, 5.41) is 0.695. The van der Waals surface area contributed by atoms with Crippen molar-refractivity contribution in [2.24, 2.45) is 0 Å². The summed E-state index contributed by atoms with van der Waals surface area (Å²) in [5.41, 5.74) is 0. The van der Waals surface area contributed by atoms with Gasteiger partial charge in [0.05, 0.1) is 12.1 Å². The molecule has 0 atom stereocenters. The molecular formula is C7H10ClNO. The third kappa shape index (κ3) is 1.45. The first-order valence-electron chi connectivity index (χ1n) is 3.06. The van der Waals surface area contributed by atoms with Crippen LogP contribution in [0.5, 0.6) is 0 Å². The number of ether oxygens (including phenoxy) is 1. The molecule has 0 amide bonds. The van der Waals surface area contributed by atoms with Crippen LogP contribution in [0.2, 0.25) is 0 Å². The van der Waals surface area contributed by atoms with Gasteiger partial charge in [-0.3, -0.25) is 0 Å². The van der Waals surface area contributed by atoms with Gasteiger partial charge in [-0.2, -0.15) is 0 Å². The zero-order chi connectivity index (χ0) is 7.56. The molecule has 1 heterocycles. The molecule has 1 aliphatic rings. The second kappa shape index (κ2) is 2.97. The van der Waals surface area contributed by atoms with Crippen LogP contribution in [0.1, 0.15) is 0 Å². The summed E-state index contributed by atoms with van der Waals surface area (Å²) in [7, 11) is 3.58. The van der Waals surface area contributed by atoms with E-state index in [4.69, 9.17) is 16.3 Å². The zero-order valence-electron chi connectivity index (χ0n) is 6.10. The molecule has 2 nitrogen and oxygen atoms in total. The molecule has 0 aliphatic carbocycles. The quantitative estimate of drug-likeness (QED) is 0.576. The van der Waals surface area contributed by atoms with Crippen LogP contribution in [0.4, 0.5) is 0 Å². The number of hydrogen-bond acceptors (Lipinski definition) is 2. The van der Waals surface area contributed by atoms with Crippen LogP contribution in [0.25, 0.3) is 0 Å². The van der Waals surface area contributed by atoms with Gasteiger partial charge < -0.3 is 9.64 Å². The topological polar surface area (TPSA) is 12.5 Å². The van der Waals surface area contributed by atoms with Crippen LogP contribution in [0.3, 0.4) is 0 Å². The molecule has 0 saturated heterocycles. The number of methoxy groups -OCH3 is 1. The van der Waals surface area contributed by atoms with Crippen LogP contribution in [-0.2, 0) is 4.74 Å². The van der Waals surface area contributed by atoms with Gasteiger partial charge in [0, 0.05) is 19.8 Å². The van der Waals surface area contributed by atoms with E-state index in [9.17, 15) is 0 Å². The van der Waals surface area contributed by atoms with Crippen molar-refractivity contribution in [1.82, 2.24) is 4.90 Å². The Hall–Kier alpha value is -0.630. The van der Waals surface area contributed by atoms with Crippen LogP contribution in [-0.4, -0.2) is 25.6 Å². The van der Waals surface area contributed by atoms with Gasteiger partial charge in [-0.1, -0.05) is 11.6 Å². The summed E-state index contributed by atoms with van der Waals surface area (Å²) in [6.07, 6.45) is 3.79. The molecular weight excluding hydrogens is 150 g/mol. The average molecular weight is 160 g/mol. The van der Waals surface area contributed by atoms with E-state index < -0.39 is 0 Å². The van der Waals surface area contributed by atoms with Gasteiger partial charge in [-0.25, -0.2) is 0 Å². The fourth-order valence-electron chi connectivity index (χ4n) is 0.789. The highest BCUT2D eigenvalue weighted by Gasteiger charge is 2.07. The fraction of sp³-hybridized carbons (Fsp3) is 0.429. The van der Waals surface area contributed by atoms with E-state index in [2.05, 4.69) is 0 Å². The van der Waals surface area contributed by atoms with Crippen LogP contribution >= 0.6 is 11.6 Å². The largest absolute Gasteiger partial charge is 0.494 e. The van der Waals surface area contributed by atoms with E-state index >= 15 is 0 Å². The Morgan fingerprint density at radius 1 is 1.70 bits per heavy atom. The molecule has 0 bridgehead atoms. The monoisotopic (exact) mass is 159 g/mol. The Labute approximate surface area is 65.7 Å². The molecule has 0 aromatic rings. The Balaban J connectivity index is 2.74. The lowest BCUT2D eigenvalue weighted by atomic mass is 10.3. The van der Waals surface area contributed by atoms with Crippen LogP contribution in [0.15, 0.2) is 23.1 Å². The predicted molar refractivity (Wildman–Crippen MR) is 41.7 cm³/mol. The van der Waals surface area contributed by atoms with Crippen LogP contribution in [0, 0.1) is 0 Å². The van der Waals surface area contributed by atoms with Crippen molar-refractivity contribution in [3.05, 3.63) is 23.1 Å². The van der Waals surface area contributed by atoms with Gasteiger partial charge in [0.1, 0.15) is 0 Å². The highest BCUT2D eigenvalue weighted by atomic mass is 35.5. The van der Waals surface area contributed by atoms with Crippen molar-refractivity contribution in [2.75, 3.05) is 20.7 Å². The van der Waals surface area contributed by atoms with Crippen molar-refractivity contribution in [2.45, 2.75) is 0 Å². The van der Waals surface area contributed by atoms with Gasteiger partial charge in [-0.05, 0) is 6.08 Å². The first-order chi connectivity index (χ1) is 4.74. The Kier molecular flexibility index (Phi) is 2.22. The molecule has 1 rings (SSSR count). The van der Waals surface area contributed by atoms with E-state index in [1.54, 1.807) is 7.11 Å². The van der Waals surface area contributed by atoms with E-state index in [1.165, 1.54) is 0 Å². The summed E-state index contributed by atoms with van der Waals surface area (Å²) in [6, 6.07) is 0. The molecule has 0 aromatic heterocycles. The highest BCUT2D eigenvalue weighted by molar-refractivity contribution is 6.31. The lowest BCUT2D eigenvalue weighted by Gasteiger charge is -2.18. The average Bonchev–Trinajstić information content (AvgIpc) is 1.94. The maximum Gasteiger partial charge on any atom is 0.152 e. The molecule has 10 heavy (non-hydrogen) atoms. The minimum absolute atomic E-state index is 0.695. The maximum atomic E-state index is 5.79. The molecule has 0 fully saturated rings. The molecule has 0 saturated carbocycles. The van der Waals surface area contributed by atoms with Gasteiger partial charge in [0.25, 0.3) is 0 Å². The second-order valence-electron chi connectivity index (χ2n) is 2.19. The van der Waals surface area contributed by atoms with Crippen molar-refractivity contribution < 1.29 is 4.74 Å². The molecule has 56 valence electrons. The minimum Gasteiger partial charge on any atom is -0.494 e. The summed E-state index contributed by atoms with van der Waals surface area (Å²) in [5.74, 6) is 0.732. The Morgan fingerprint density at radius 3 is 2.90 bits per heavy atom. The summed E-state index contributed by atoms with van der Waals surface area (Å²) >= 11 is 5.79. The van der Waals surface area contributed by atoms with E-state index in [0.717, 1.165) is 12.3 Å². The third-order valence-corrected chi connectivity index (χ3v) is 1.69. The van der Waals surface area contributed by atoms with Crippen molar-refractivity contribution >= 4 is 11.6 Å². The van der Waals surface area contributed by atoms with Crippen molar-refractivity contribution in [1.29, 1.82) is 0 Å². The zero-order valence-corrected chi connectivity index (χ0v) is 6.85. The maximum absolute atomic E-state index is 5.79. The number of allylic oxidation sites excluding steroid dienone is 1. The normalized spacial score (nSPS) is 18.1. The fourth-order valence-corrected chi connectivity index (χ4v) is 0.984. The summed E-state index contributed by atoms with van der Waals surface area (Å²) < 4.78 is 4.99. The standard InChI is InChI=1S/C7H10ClNO/c1-9-4-3-6(8)7(5-9)10-2/h3,5H,4H2,1-2H3. The summed E-state index contributed by atoms with van der Waals surface area (Å²) in [4.78, 5) is 2.00. The van der Waals surface area contributed by atoms with Gasteiger partial charge >= 0.3 is 0 Å². The lowest BCUT2D eigenvalue weighted by molar-refractivity contribution is 0.287. The SMILES string of the molecule is COC1=CN(C)CC=C1Cl. The molecule has 0 aromatic carbocycles. The highest BCUT2D eigenvalue weighted by Crippen LogP contribution is 2.18. The van der Waals surface area contributed by atoms with E-state index in [1.807, 2.05) is 24.2 Å².